The molecule has 0 bridgehead atoms. The molecule has 2 aromatic rings. The lowest BCUT2D eigenvalue weighted by Gasteiger charge is -2.27. The van der Waals surface area contributed by atoms with E-state index in [2.05, 4.69) is 5.32 Å². The molecule has 0 unspecified atom stereocenters. The van der Waals surface area contributed by atoms with Crippen LogP contribution in [-0.4, -0.2) is 52.4 Å². The van der Waals surface area contributed by atoms with Crippen LogP contribution in [0, 0.1) is 6.92 Å². The number of benzene rings is 2. The molecule has 1 aliphatic heterocycles. The summed E-state index contributed by atoms with van der Waals surface area (Å²) < 4.78 is 0. The molecular formula is C21H22N2O4S. The van der Waals surface area contributed by atoms with Gasteiger partial charge in [-0.1, -0.05) is 18.2 Å². The van der Waals surface area contributed by atoms with E-state index in [1.54, 1.807) is 30.3 Å². The first kappa shape index (κ1) is 19.9. The molecule has 0 aliphatic carbocycles. The second-order valence-corrected chi connectivity index (χ2v) is 7.83. The van der Waals surface area contributed by atoms with Gasteiger partial charge in [0.15, 0.2) is 0 Å². The summed E-state index contributed by atoms with van der Waals surface area (Å²) in [5.74, 6) is 0.674. The molecule has 1 saturated heterocycles. The molecule has 146 valence electrons. The van der Waals surface area contributed by atoms with Gasteiger partial charge in [0.2, 0.25) is 5.91 Å². The van der Waals surface area contributed by atoms with Crippen molar-refractivity contribution < 1.29 is 19.5 Å². The van der Waals surface area contributed by atoms with E-state index < -0.39 is 5.97 Å². The molecule has 0 radical (unpaired) electrons. The smallest absolute Gasteiger partial charge is 0.335 e. The lowest BCUT2D eigenvalue weighted by molar-refractivity contribution is -0.115. The maximum atomic E-state index is 12.8. The second-order valence-electron chi connectivity index (χ2n) is 6.61. The Morgan fingerprint density at radius 3 is 2.39 bits per heavy atom. The Balaban J connectivity index is 1.69. The highest BCUT2D eigenvalue weighted by molar-refractivity contribution is 7.99. The fraction of sp³-hybridized carbons (Fsp3) is 0.286. The predicted molar refractivity (Wildman–Crippen MR) is 110 cm³/mol. The van der Waals surface area contributed by atoms with Gasteiger partial charge in [0.25, 0.3) is 5.91 Å². The number of carbonyl (C=O) groups is 3. The molecule has 2 amide bonds. The van der Waals surface area contributed by atoms with Crippen LogP contribution >= 0.6 is 11.8 Å². The molecule has 28 heavy (non-hydrogen) atoms. The van der Waals surface area contributed by atoms with E-state index >= 15 is 0 Å². The number of hydrogen-bond donors (Lipinski definition) is 2. The summed E-state index contributed by atoms with van der Waals surface area (Å²) in [4.78, 5) is 38.0. The molecule has 6 nitrogen and oxygen atoms in total. The Kier molecular flexibility index (Phi) is 6.36. The Labute approximate surface area is 167 Å². The zero-order valence-electron chi connectivity index (χ0n) is 15.6. The maximum absolute atomic E-state index is 12.8. The van der Waals surface area contributed by atoms with Crippen molar-refractivity contribution in [2.75, 3.05) is 29.9 Å². The van der Waals surface area contributed by atoms with Crippen LogP contribution in [0.3, 0.4) is 0 Å². The monoisotopic (exact) mass is 398 g/mol. The minimum absolute atomic E-state index is 0.00171. The molecule has 2 N–H and O–H groups in total. The fourth-order valence-corrected chi connectivity index (χ4v) is 3.99. The van der Waals surface area contributed by atoms with Crippen molar-refractivity contribution in [3.8, 4) is 0 Å². The van der Waals surface area contributed by atoms with Crippen LogP contribution in [-0.2, 0) is 11.2 Å². The second kappa shape index (κ2) is 8.93. The van der Waals surface area contributed by atoms with Crippen molar-refractivity contribution in [2.24, 2.45) is 0 Å². The van der Waals surface area contributed by atoms with Gasteiger partial charge in [0.1, 0.15) is 0 Å². The van der Waals surface area contributed by atoms with E-state index in [4.69, 9.17) is 5.11 Å². The predicted octanol–water partition coefficient (Wildman–Crippen LogP) is 3.06. The van der Waals surface area contributed by atoms with Crippen molar-refractivity contribution in [1.29, 1.82) is 0 Å². The summed E-state index contributed by atoms with van der Waals surface area (Å²) in [7, 11) is 0. The lowest BCUT2D eigenvalue weighted by Crippen LogP contribution is -2.38. The van der Waals surface area contributed by atoms with Crippen LogP contribution in [0.15, 0.2) is 42.5 Å². The Hall–Kier alpha value is -2.80. The summed E-state index contributed by atoms with van der Waals surface area (Å²) in [5.41, 5.74) is 2.88. The van der Waals surface area contributed by atoms with E-state index in [1.165, 1.54) is 12.1 Å². The maximum Gasteiger partial charge on any atom is 0.335 e. The van der Waals surface area contributed by atoms with Crippen molar-refractivity contribution in [3.05, 3.63) is 64.7 Å². The number of nitrogens with zero attached hydrogens (tertiary/aromatic N) is 1. The van der Waals surface area contributed by atoms with Crippen LogP contribution in [0.5, 0.6) is 0 Å². The van der Waals surface area contributed by atoms with Gasteiger partial charge in [-0.3, -0.25) is 9.59 Å². The molecule has 3 rings (SSSR count). The molecule has 1 fully saturated rings. The Morgan fingerprint density at radius 2 is 1.75 bits per heavy atom. The third-order valence-corrected chi connectivity index (χ3v) is 5.64. The third-order valence-electron chi connectivity index (χ3n) is 4.70. The Morgan fingerprint density at radius 1 is 1.07 bits per heavy atom. The molecule has 0 atom stereocenters. The summed E-state index contributed by atoms with van der Waals surface area (Å²) in [6, 6.07) is 11.6. The SMILES string of the molecule is Cc1c(NC(=O)Cc2ccc(C(=O)O)cc2)cccc1C(=O)N1CCSCC1. The largest absolute Gasteiger partial charge is 0.478 e. The quantitative estimate of drug-likeness (QED) is 0.808. The lowest BCUT2D eigenvalue weighted by atomic mass is 10.0. The summed E-state index contributed by atoms with van der Waals surface area (Å²) in [5, 5.41) is 11.8. The minimum atomic E-state index is -1.000. The fourth-order valence-electron chi connectivity index (χ4n) is 3.08. The average molecular weight is 398 g/mol. The number of rotatable bonds is 5. The molecule has 0 aromatic heterocycles. The number of thioether (sulfide) groups is 1. The zero-order chi connectivity index (χ0) is 20.1. The van der Waals surface area contributed by atoms with Gasteiger partial charge in [-0.25, -0.2) is 4.79 Å². The average Bonchev–Trinajstić information content (AvgIpc) is 2.70. The van der Waals surface area contributed by atoms with Crippen LogP contribution in [0.4, 0.5) is 5.69 Å². The highest BCUT2D eigenvalue weighted by Gasteiger charge is 2.21. The molecule has 7 heteroatoms. The number of carbonyl (C=O) groups excluding carboxylic acids is 2. The van der Waals surface area contributed by atoms with Crippen LogP contribution < -0.4 is 5.32 Å². The third kappa shape index (κ3) is 4.72. The highest BCUT2D eigenvalue weighted by Crippen LogP contribution is 2.22. The summed E-state index contributed by atoms with van der Waals surface area (Å²) in [6.07, 6.45) is 0.126. The first-order chi connectivity index (χ1) is 13.5. The van der Waals surface area contributed by atoms with E-state index in [-0.39, 0.29) is 23.8 Å². The number of amides is 2. The summed E-state index contributed by atoms with van der Waals surface area (Å²) >= 11 is 1.85. The highest BCUT2D eigenvalue weighted by atomic mass is 32.2. The molecule has 0 spiro atoms. The van der Waals surface area contributed by atoms with Crippen molar-refractivity contribution in [3.63, 3.8) is 0 Å². The van der Waals surface area contributed by atoms with Gasteiger partial charge in [-0.05, 0) is 42.3 Å². The van der Waals surface area contributed by atoms with E-state index in [1.807, 2.05) is 23.6 Å². The number of carboxylic acid groups (broad SMARTS) is 1. The first-order valence-electron chi connectivity index (χ1n) is 9.04. The van der Waals surface area contributed by atoms with Gasteiger partial charge in [0, 0.05) is 35.8 Å². The number of carboxylic acids is 1. The standard InChI is InChI=1S/C21H22N2O4S/c1-14-17(20(25)23-9-11-28-12-10-23)3-2-4-18(14)22-19(24)13-15-5-7-16(8-6-15)21(26)27/h2-8H,9-13H2,1H3,(H,22,24)(H,26,27). The number of hydrogen-bond acceptors (Lipinski definition) is 4. The molecule has 1 heterocycles. The normalized spacial score (nSPS) is 13.8. The zero-order valence-corrected chi connectivity index (χ0v) is 16.4. The van der Waals surface area contributed by atoms with Gasteiger partial charge >= 0.3 is 5.97 Å². The molecule has 2 aromatic carbocycles. The van der Waals surface area contributed by atoms with Gasteiger partial charge in [-0.2, -0.15) is 11.8 Å². The van der Waals surface area contributed by atoms with Crippen molar-refractivity contribution in [1.82, 2.24) is 4.90 Å². The minimum Gasteiger partial charge on any atom is -0.478 e. The van der Waals surface area contributed by atoms with E-state index in [0.29, 0.717) is 11.3 Å². The van der Waals surface area contributed by atoms with Crippen molar-refractivity contribution in [2.45, 2.75) is 13.3 Å². The van der Waals surface area contributed by atoms with Crippen molar-refractivity contribution >= 4 is 35.2 Å². The van der Waals surface area contributed by atoms with E-state index in [0.717, 1.165) is 35.7 Å². The van der Waals surface area contributed by atoms with Crippen LogP contribution in [0.25, 0.3) is 0 Å². The Bertz CT molecular complexity index is 890. The molecular weight excluding hydrogens is 376 g/mol. The number of aromatic carboxylic acids is 1. The first-order valence-corrected chi connectivity index (χ1v) is 10.2. The number of nitrogens with one attached hydrogen (secondary N) is 1. The van der Waals surface area contributed by atoms with Gasteiger partial charge < -0.3 is 15.3 Å². The molecule has 1 aliphatic rings. The van der Waals surface area contributed by atoms with Gasteiger partial charge in [0.05, 0.1) is 12.0 Å². The topological polar surface area (TPSA) is 86.7 Å². The van der Waals surface area contributed by atoms with Crippen LogP contribution in [0.1, 0.15) is 31.8 Å². The number of anilines is 1. The van der Waals surface area contributed by atoms with E-state index in [9.17, 15) is 14.4 Å². The molecule has 0 saturated carbocycles. The van der Waals surface area contributed by atoms with Gasteiger partial charge in [-0.15, -0.1) is 0 Å². The van der Waals surface area contributed by atoms with Crippen LogP contribution in [0.2, 0.25) is 0 Å². The summed E-state index contributed by atoms with van der Waals surface area (Å²) in [6.45, 7) is 3.32.